The van der Waals surface area contributed by atoms with Gasteiger partial charge < -0.3 is 10.2 Å². The third-order valence-electron chi connectivity index (χ3n) is 4.47. The van der Waals surface area contributed by atoms with Crippen LogP contribution in [0.25, 0.3) is 0 Å². The Morgan fingerprint density at radius 2 is 2.04 bits per heavy atom. The van der Waals surface area contributed by atoms with Gasteiger partial charge in [0.25, 0.3) is 0 Å². The molecular formula is C15H20N2O5S. The van der Waals surface area contributed by atoms with Crippen molar-refractivity contribution in [3.63, 3.8) is 0 Å². The molecule has 1 aromatic carbocycles. The van der Waals surface area contributed by atoms with Gasteiger partial charge in [-0.1, -0.05) is 12.1 Å². The van der Waals surface area contributed by atoms with Gasteiger partial charge in [0.1, 0.15) is 0 Å². The summed E-state index contributed by atoms with van der Waals surface area (Å²) in [5.74, 6) is -1.28. The van der Waals surface area contributed by atoms with Gasteiger partial charge in [-0.05, 0) is 24.1 Å². The van der Waals surface area contributed by atoms with Crippen LogP contribution in [-0.4, -0.2) is 72.1 Å². The first-order chi connectivity index (χ1) is 10.8. The van der Waals surface area contributed by atoms with E-state index in [0.717, 1.165) is 0 Å². The first-order valence-corrected chi connectivity index (χ1v) is 9.18. The zero-order valence-electron chi connectivity index (χ0n) is 12.6. The van der Waals surface area contributed by atoms with Gasteiger partial charge in [-0.2, -0.15) is 4.31 Å². The van der Waals surface area contributed by atoms with E-state index in [1.807, 2.05) is 0 Å². The van der Waals surface area contributed by atoms with Crippen molar-refractivity contribution < 1.29 is 23.4 Å². The van der Waals surface area contributed by atoms with Crippen LogP contribution in [0.4, 0.5) is 0 Å². The summed E-state index contributed by atoms with van der Waals surface area (Å²) in [4.78, 5) is 13.1. The second kappa shape index (κ2) is 6.20. The van der Waals surface area contributed by atoms with Crippen molar-refractivity contribution >= 4 is 16.0 Å². The first kappa shape index (κ1) is 16.4. The Bertz CT molecular complexity index is 706. The lowest BCUT2D eigenvalue weighted by Crippen LogP contribution is -2.52. The number of piperazine rings is 1. The largest absolute Gasteiger partial charge is 0.478 e. The Hall–Kier alpha value is -1.48. The number of rotatable bonds is 4. The van der Waals surface area contributed by atoms with E-state index in [4.69, 9.17) is 5.11 Å². The number of aliphatic hydroxyl groups is 1. The molecule has 0 saturated carbocycles. The van der Waals surface area contributed by atoms with E-state index in [1.54, 1.807) is 12.1 Å². The molecule has 8 heteroatoms. The zero-order valence-corrected chi connectivity index (χ0v) is 13.4. The number of hydrogen-bond donors (Lipinski definition) is 2. The normalized spacial score (nSPS) is 26.1. The fraction of sp³-hybridized carbons (Fsp3) is 0.533. The minimum atomic E-state index is -3.50. The maximum atomic E-state index is 12.6. The monoisotopic (exact) mass is 340 g/mol. The molecule has 0 bridgehead atoms. The van der Waals surface area contributed by atoms with Gasteiger partial charge in [-0.25, -0.2) is 13.2 Å². The summed E-state index contributed by atoms with van der Waals surface area (Å²) in [7, 11) is -3.50. The minimum absolute atomic E-state index is 0.0684. The molecule has 1 aromatic rings. The summed E-state index contributed by atoms with van der Waals surface area (Å²) in [5.41, 5.74) is 0.556. The van der Waals surface area contributed by atoms with Gasteiger partial charge >= 0.3 is 5.97 Å². The van der Waals surface area contributed by atoms with Crippen LogP contribution >= 0.6 is 0 Å². The van der Waals surface area contributed by atoms with Crippen LogP contribution < -0.4 is 0 Å². The third-order valence-corrected chi connectivity index (χ3v) is 6.29. The van der Waals surface area contributed by atoms with Gasteiger partial charge in [-0.3, -0.25) is 4.90 Å². The number of sulfonamides is 1. The van der Waals surface area contributed by atoms with Crippen molar-refractivity contribution in [1.82, 2.24) is 9.21 Å². The van der Waals surface area contributed by atoms with Gasteiger partial charge in [0.05, 0.1) is 17.4 Å². The maximum Gasteiger partial charge on any atom is 0.335 e. The molecule has 2 heterocycles. The van der Waals surface area contributed by atoms with E-state index in [2.05, 4.69) is 4.90 Å². The Balaban J connectivity index is 1.72. The van der Waals surface area contributed by atoms with E-state index in [9.17, 15) is 18.3 Å². The molecule has 0 spiro atoms. The van der Waals surface area contributed by atoms with E-state index in [-0.39, 0.29) is 23.5 Å². The molecule has 7 nitrogen and oxygen atoms in total. The lowest BCUT2D eigenvalue weighted by atomic mass is 10.1. The van der Waals surface area contributed by atoms with Crippen LogP contribution in [0.15, 0.2) is 24.3 Å². The molecule has 0 aliphatic carbocycles. The molecule has 2 saturated heterocycles. The molecule has 2 aliphatic heterocycles. The first-order valence-electron chi connectivity index (χ1n) is 7.57. The standard InChI is InChI=1S/C15H20N2O5S/c18-14-7-13-8-17(5-4-16(13)9-14)23(21,22)10-11-2-1-3-12(6-11)15(19)20/h1-3,6,13-14,18H,4-5,7-10H2,(H,19,20)/t13-,14+/m0/s1. The lowest BCUT2D eigenvalue weighted by molar-refractivity contribution is 0.0696. The molecule has 0 radical (unpaired) electrons. The topological polar surface area (TPSA) is 98.1 Å². The van der Waals surface area contributed by atoms with Crippen LogP contribution in [0.2, 0.25) is 0 Å². The van der Waals surface area contributed by atoms with Crippen LogP contribution in [0.5, 0.6) is 0 Å². The summed E-state index contributed by atoms with van der Waals surface area (Å²) >= 11 is 0. The molecule has 2 fully saturated rings. The number of aromatic carboxylic acids is 1. The Labute approximate surface area is 135 Å². The minimum Gasteiger partial charge on any atom is -0.478 e. The lowest BCUT2D eigenvalue weighted by Gasteiger charge is -2.36. The van der Waals surface area contributed by atoms with E-state index in [0.29, 0.717) is 38.2 Å². The molecule has 2 atom stereocenters. The molecule has 0 amide bonds. The van der Waals surface area contributed by atoms with E-state index >= 15 is 0 Å². The number of carboxylic acid groups (broad SMARTS) is 1. The molecule has 2 N–H and O–H groups in total. The van der Waals surface area contributed by atoms with Crippen LogP contribution in [0.3, 0.4) is 0 Å². The van der Waals surface area contributed by atoms with E-state index < -0.39 is 16.0 Å². The van der Waals surface area contributed by atoms with Gasteiger partial charge in [0, 0.05) is 32.2 Å². The summed E-state index contributed by atoms with van der Waals surface area (Å²) in [6, 6.07) is 6.09. The smallest absolute Gasteiger partial charge is 0.335 e. The second-order valence-electron chi connectivity index (χ2n) is 6.16. The van der Waals surface area contributed by atoms with Crippen LogP contribution in [-0.2, 0) is 15.8 Å². The Morgan fingerprint density at radius 1 is 1.26 bits per heavy atom. The van der Waals surface area contributed by atoms with E-state index in [1.165, 1.54) is 16.4 Å². The van der Waals surface area contributed by atoms with Gasteiger partial charge in [-0.15, -0.1) is 0 Å². The van der Waals surface area contributed by atoms with Crippen molar-refractivity contribution in [2.24, 2.45) is 0 Å². The van der Waals surface area contributed by atoms with Crippen molar-refractivity contribution in [3.8, 4) is 0 Å². The molecular weight excluding hydrogens is 320 g/mol. The quantitative estimate of drug-likeness (QED) is 0.798. The molecule has 23 heavy (non-hydrogen) atoms. The number of carboxylic acids is 1. The molecule has 0 aromatic heterocycles. The van der Waals surface area contributed by atoms with Gasteiger partial charge in [0.15, 0.2) is 0 Å². The molecule has 3 rings (SSSR count). The average Bonchev–Trinajstić information content (AvgIpc) is 2.86. The predicted octanol–water partition coefficient (Wildman–Crippen LogP) is -0.0346. The van der Waals surface area contributed by atoms with Crippen molar-refractivity contribution in [3.05, 3.63) is 35.4 Å². The van der Waals surface area contributed by atoms with Crippen LogP contribution in [0.1, 0.15) is 22.3 Å². The Morgan fingerprint density at radius 3 is 2.78 bits per heavy atom. The number of aliphatic hydroxyl groups excluding tert-OH is 1. The molecule has 0 unspecified atom stereocenters. The maximum absolute atomic E-state index is 12.6. The number of carbonyl (C=O) groups is 1. The fourth-order valence-electron chi connectivity index (χ4n) is 3.34. The number of benzene rings is 1. The van der Waals surface area contributed by atoms with Crippen LogP contribution in [0, 0.1) is 0 Å². The highest BCUT2D eigenvalue weighted by Crippen LogP contribution is 2.24. The highest BCUT2D eigenvalue weighted by molar-refractivity contribution is 7.88. The third kappa shape index (κ3) is 3.55. The summed E-state index contributed by atoms with van der Waals surface area (Å²) in [5, 5.41) is 18.7. The number of fused-ring (bicyclic) bond motifs is 1. The summed E-state index contributed by atoms with van der Waals surface area (Å²) in [6.45, 7) is 2.03. The van der Waals surface area contributed by atoms with Crippen molar-refractivity contribution in [2.45, 2.75) is 24.3 Å². The highest BCUT2D eigenvalue weighted by Gasteiger charge is 2.38. The van der Waals surface area contributed by atoms with Crippen molar-refractivity contribution in [1.29, 1.82) is 0 Å². The molecule has 126 valence electrons. The SMILES string of the molecule is O=C(O)c1cccc(CS(=O)(=O)N2CCN3C[C@H](O)C[C@H]3C2)c1. The number of hydrogen-bond acceptors (Lipinski definition) is 5. The zero-order chi connectivity index (χ0) is 16.6. The fourth-order valence-corrected chi connectivity index (χ4v) is 4.88. The number of nitrogens with zero attached hydrogens (tertiary/aromatic N) is 2. The Kier molecular flexibility index (Phi) is 4.41. The average molecular weight is 340 g/mol. The summed E-state index contributed by atoms with van der Waals surface area (Å²) < 4.78 is 26.7. The summed E-state index contributed by atoms with van der Waals surface area (Å²) in [6.07, 6.45) is 0.218. The highest BCUT2D eigenvalue weighted by atomic mass is 32.2. The van der Waals surface area contributed by atoms with Crippen molar-refractivity contribution in [2.75, 3.05) is 26.2 Å². The molecule has 2 aliphatic rings. The second-order valence-corrected chi connectivity index (χ2v) is 8.13. The van der Waals surface area contributed by atoms with Gasteiger partial charge in [0.2, 0.25) is 10.0 Å². The predicted molar refractivity (Wildman–Crippen MR) is 83.6 cm³/mol.